The van der Waals surface area contributed by atoms with E-state index in [1.54, 1.807) is 6.07 Å². The van der Waals surface area contributed by atoms with Crippen LogP contribution in [0.3, 0.4) is 0 Å². The van der Waals surface area contributed by atoms with Crippen molar-refractivity contribution < 1.29 is 14.6 Å². The van der Waals surface area contributed by atoms with E-state index in [1.807, 2.05) is 6.92 Å². The Morgan fingerprint density at radius 1 is 1.50 bits per heavy atom. The molecule has 1 heterocycles. The van der Waals surface area contributed by atoms with Crippen LogP contribution in [0, 0.1) is 0 Å². The van der Waals surface area contributed by atoms with E-state index in [1.165, 1.54) is 0 Å². The van der Waals surface area contributed by atoms with Gasteiger partial charge in [-0.25, -0.2) is 0 Å². The Morgan fingerprint density at radius 3 is 2.88 bits per heavy atom. The lowest BCUT2D eigenvalue weighted by atomic mass is 9.99. The van der Waals surface area contributed by atoms with Gasteiger partial charge in [-0.2, -0.15) is 0 Å². The van der Waals surface area contributed by atoms with Crippen molar-refractivity contribution in [1.82, 2.24) is 0 Å². The molecule has 3 N–H and O–H groups in total. The smallest absolute Gasteiger partial charge is 0.183 e. The third-order valence-corrected chi connectivity index (χ3v) is 3.01. The molecule has 0 spiro atoms. The van der Waals surface area contributed by atoms with Crippen LogP contribution < -0.4 is 15.2 Å². The zero-order chi connectivity index (χ0) is 11.7. The summed E-state index contributed by atoms with van der Waals surface area (Å²) < 4.78 is 10.8. The van der Waals surface area contributed by atoms with Crippen LogP contribution in [-0.4, -0.2) is 24.9 Å². The van der Waals surface area contributed by atoms with E-state index in [0.29, 0.717) is 36.8 Å². The summed E-state index contributed by atoms with van der Waals surface area (Å²) in [5.74, 6) is 1.04. The van der Waals surface area contributed by atoms with Gasteiger partial charge in [0.1, 0.15) is 24.0 Å². The van der Waals surface area contributed by atoms with Crippen molar-refractivity contribution in [3.05, 3.63) is 16.7 Å². The fourth-order valence-electron chi connectivity index (χ4n) is 1.66. The quantitative estimate of drug-likeness (QED) is 0.833. The molecule has 0 saturated heterocycles. The van der Waals surface area contributed by atoms with Crippen molar-refractivity contribution in [2.24, 2.45) is 5.73 Å². The van der Waals surface area contributed by atoms with Gasteiger partial charge in [-0.15, -0.1) is 0 Å². The van der Waals surface area contributed by atoms with Gasteiger partial charge in [-0.1, -0.05) is 18.5 Å². The van der Waals surface area contributed by atoms with Gasteiger partial charge in [0.15, 0.2) is 11.5 Å². The highest BCUT2D eigenvalue weighted by Gasteiger charge is 2.23. The average molecular weight is 244 g/mol. The molecule has 2 rings (SSSR count). The van der Waals surface area contributed by atoms with Crippen molar-refractivity contribution >= 4 is 11.6 Å². The molecule has 1 aromatic rings. The lowest BCUT2D eigenvalue weighted by Gasteiger charge is -2.22. The number of fused-ring (bicyclic) bond motifs is 1. The molecule has 0 aromatic heterocycles. The number of hydrogen-bond acceptors (Lipinski definition) is 4. The minimum atomic E-state index is 0.0216. The van der Waals surface area contributed by atoms with Gasteiger partial charge in [0.2, 0.25) is 0 Å². The normalized spacial score (nSPS) is 15.9. The van der Waals surface area contributed by atoms with Crippen LogP contribution in [-0.2, 0) is 0 Å². The zero-order valence-corrected chi connectivity index (χ0v) is 9.75. The molecule has 1 aliphatic rings. The highest BCUT2D eigenvalue weighted by atomic mass is 35.5. The van der Waals surface area contributed by atoms with Crippen LogP contribution in [0.5, 0.6) is 17.2 Å². The van der Waals surface area contributed by atoms with E-state index >= 15 is 0 Å². The molecule has 1 aliphatic heterocycles. The first-order valence-electron chi connectivity index (χ1n) is 5.16. The monoisotopic (exact) mass is 243 g/mol. The van der Waals surface area contributed by atoms with Crippen LogP contribution >= 0.6 is 11.6 Å². The second kappa shape index (κ2) is 4.39. The number of benzene rings is 1. The Morgan fingerprint density at radius 2 is 2.19 bits per heavy atom. The van der Waals surface area contributed by atoms with Gasteiger partial charge >= 0.3 is 0 Å². The summed E-state index contributed by atoms with van der Waals surface area (Å²) in [5.41, 5.74) is 6.26. The Kier molecular flexibility index (Phi) is 3.12. The fourth-order valence-corrected chi connectivity index (χ4v) is 1.91. The van der Waals surface area contributed by atoms with Gasteiger partial charge in [0.05, 0.1) is 0 Å². The maximum Gasteiger partial charge on any atom is 0.183 e. The molecule has 5 heteroatoms. The summed E-state index contributed by atoms with van der Waals surface area (Å²) >= 11 is 6.02. The van der Waals surface area contributed by atoms with Gasteiger partial charge in [0, 0.05) is 5.56 Å². The Labute approximate surface area is 98.9 Å². The van der Waals surface area contributed by atoms with Crippen LogP contribution in [0.1, 0.15) is 18.4 Å². The molecule has 0 saturated carbocycles. The SMILES string of the molecule is CC(CN)c1cc2c(c(Cl)c1O)OCCO2. The third-order valence-electron chi connectivity index (χ3n) is 2.66. The molecule has 0 bridgehead atoms. The van der Waals surface area contributed by atoms with Crippen molar-refractivity contribution in [3.8, 4) is 17.2 Å². The molecule has 0 amide bonds. The van der Waals surface area contributed by atoms with Crippen LogP contribution in [0.25, 0.3) is 0 Å². The number of aromatic hydroxyl groups is 1. The number of halogens is 1. The summed E-state index contributed by atoms with van der Waals surface area (Å²) in [6, 6.07) is 1.74. The first-order valence-corrected chi connectivity index (χ1v) is 5.54. The predicted molar refractivity (Wildman–Crippen MR) is 61.6 cm³/mol. The molecule has 0 fully saturated rings. The minimum absolute atomic E-state index is 0.0216. The molecular formula is C11H14ClNO3. The van der Waals surface area contributed by atoms with Crippen LogP contribution in [0.15, 0.2) is 6.07 Å². The molecular weight excluding hydrogens is 230 g/mol. The highest BCUT2D eigenvalue weighted by molar-refractivity contribution is 6.34. The number of nitrogens with two attached hydrogens (primary N) is 1. The fraction of sp³-hybridized carbons (Fsp3) is 0.455. The highest BCUT2D eigenvalue weighted by Crippen LogP contribution is 2.46. The maximum absolute atomic E-state index is 9.93. The van der Waals surface area contributed by atoms with E-state index in [4.69, 9.17) is 26.8 Å². The number of hydrogen-bond donors (Lipinski definition) is 2. The second-order valence-electron chi connectivity index (χ2n) is 3.79. The molecule has 16 heavy (non-hydrogen) atoms. The molecule has 1 unspecified atom stereocenters. The Balaban J connectivity index is 2.52. The number of ether oxygens (including phenoxy) is 2. The van der Waals surface area contributed by atoms with Gasteiger partial charge in [-0.05, 0) is 18.5 Å². The van der Waals surface area contributed by atoms with E-state index in [0.717, 1.165) is 0 Å². The number of phenols is 1. The van der Waals surface area contributed by atoms with Crippen molar-refractivity contribution in [1.29, 1.82) is 0 Å². The van der Waals surface area contributed by atoms with Gasteiger partial charge < -0.3 is 20.3 Å². The molecule has 4 nitrogen and oxygen atoms in total. The van der Waals surface area contributed by atoms with Crippen molar-refractivity contribution in [2.75, 3.05) is 19.8 Å². The lowest BCUT2D eigenvalue weighted by Crippen LogP contribution is -2.17. The standard InChI is InChI=1S/C11H14ClNO3/c1-6(5-13)7-4-8-11(9(12)10(7)14)16-3-2-15-8/h4,6,14H,2-3,5,13H2,1H3. The molecule has 0 aliphatic carbocycles. The zero-order valence-electron chi connectivity index (χ0n) is 9.00. The predicted octanol–water partition coefficient (Wildman–Crippen LogP) is 1.88. The summed E-state index contributed by atoms with van der Waals surface area (Å²) in [4.78, 5) is 0. The summed E-state index contributed by atoms with van der Waals surface area (Å²) in [6.45, 7) is 3.29. The first-order chi connectivity index (χ1) is 7.65. The third kappa shape index (κ3) is 1.79. The molecule has 1 aromatic carbocycles. The van der Waals surface area contributed by atoms with E-state index in [-0.39, 0.29) is 16.7 Å². The second-order valence-corrected chi connectivity index (χ2v) is 4.17. The minimum Gasteiger partial charge on any atom is -0.506 e. The van der Waals surface area contributed by atoms with E-state index in [9.17, 15) is 5.11 Å². The Hall–Kier alpha value is -1.13. The van der Waals surface area contributed by atoms with Crippen LogP contribution in [0.4, 0.5) is 0 Å². The van der Waals surface area contributed by atoms with Crippen LogP contribution in [0.2, 0.25) is 5.02 Å². The number of phenolic OH excluding ortho intramolecular Hbond substituents is 1. The van der Waals surface area contributed by atoms with Gasteiger partial charge in [0.25, 0.3) is 0 Å². The molecule has 88 valence electrons. The first kappa shape index (κ1) is 11.4. The van der Waals surface area contributed by atoms with Gasteiger partial charge in [-0.3, -0.25) is 0 Å². The summed E-state index contributed by atoms with van der Waals surface area (Å²) in [7, 11) is 0. The van der Waals surface area contributed by atoms with E-state index < -0.39 is 0 Å². The Bertz CT molecular complexity index is 409. The summed E-state index contributed by atoms with van der Waals surface area (Å²) in [5, 5.41) is 10.1. The number of rotatable bonds is 2. The lowest BCUT2D eigenvalue weighted by molar-refractivity contribution is 0.170. The van der Waals surface area contributed by atoms with E-state index in [2.05, 4.69) is 0 Å². The topological polar surface area (TPSA) is 64.7 Å². The van der Waals surface area contributed by atoms with Crippen molar-refractivity contribution in [2.45, 2.75) is 12.8 Å². The summed E-state index contributed by atoms with van der Waals surface area (Å²) in [6.07, 6.45) is 0. The largest absolute Gasteiger partial charge is 0.506 e. The molecule has 0 radical (unpaired) electrons. The average Bonchev–Trinajstić information content (AvgIpc) is 2.33. The van der Waals surface area contributed by atoms with Crippen molar-refractivity contribution in [3.63, 3.8) is 0 Å². The molecule has 1 atom stereocenters. The maximum atomic E-state index is 9.93.